The van der Waals surface area contributed by atoms with Gasteiger partial charge in [-0.3, -0.25) is 4.79 Å². The molecule has 0 aromatic heterocycles. The number of aryl methyl sites for hydroxylation is 1. The number of hydrogen-bond donors (Lipinski definition) is 0. The molecule has 0 atom stereocenters. The zero-order valence-electron chi connectivity index (χ0n) is 9.13. The van der Waals surface area contributed by atoms with Crippen molar-refractivity contribution in [3.63, 3.8) is 0 Å². The van der Waals surface area contributed by atoms with Gasteiger partial charge in [0.05, 0.1) is 13.5 Å². The topological polar surface area (TPSA) is 26.3 Å². The number of carbonyl (C=O) groups is 1. The zero-order chi connectivity index (χ0) is 12.0. The Kier molecular flexibility index (Phi) is 6.06. The van der Waals surface area contributed by atoms with Crippen LogP contribution in [0, 0.1) is 0 Å². The summed E-state index contributed by atoms with van der Waals surface area (Å²) in [5, 5.41) is 1.00. The summed E-state index contributed by atoms with van der Waals surface area (Å²) in [5.74, 6) is -0.208. The standard InChI is InChI=1S/C12H14Br2O2/c1-16-12(15)8-9-4-5-10(3-2-6-13)11(14)7-9/h4-5,7H,2-3,6,8H2,1H3. The van der Waals surface area contributed by atoms with Gasteiger partial charge in [0.2, 0.25) is 0 Å². The summed E-state index contributed by atoms with van der Waals surface area (Å²) in [6.45, 7) is 0. The van der Waals surface area contributed by atoms with Crippen molar-refractivity contribution in [2.45, 2.75) is 19.3 Å². The summed E-state index contributed by atoms with van der Waals surface area (Å²) in [6.07, 6.45) is 2.47. The second-order valence-corrected chi connectivity index (χ2v) is 5.12. The van der Waals surface area contributed by atoms with Gasteiger partial charge in [0.25, 0.3) is 0 Å². The number of benzene rings is 1. The van der Waals surface area contributed by atoms with E-state index in [1.807, 2.05) is 12.1 Å². The van der Waals surface area contributed by atoms with Crippen molar-refractivity contribution in [3.8, 4) is 0 Å². The normalized spacial score (nSPS) is 10.2. The van der Waals surface area contributed by atoms with Gasteiger partial charge in [0.15, 0.2) is 0 Å². The fourth-order valence-electron chi connectivity index (χ4n) is 1.40. The molecule has 0 bridgehead atoms. The summed E-state index contributed by atoms with van der Waals surface area (Å²) in [6, 6.07) is 6.02. The molecule has 4 heteroatoms. The maximum absolute atomic E-state index is 11.1. The molecular weight excluding hydrogens is 336 g/mol. The molecule has 2 nitrogen and oxygen atoms in total. The Hall–Kier alpha value is -0.350. The van der Waals surface area contributed by atoms with E-state index < -0.39 is 0 Å². The summed E-state index contributed by atoms with van der Waals surface area (Å²) in [5.41, 5.74) is 2.24. The van der Waals surface area contributed by atoms with Crippen molar-refractivity contribution >= 4 is 37.8 Å². The molecule has 0 aliphatic rings. The number of ether oxygens (including phenoxy) is 1. The molecule has 0 fully saturated rings. The van der Waals surface area contributed by atoms with Crippen molar-refractivity contribution in [2.75, 3.05) is 12.4 Å². The lowest BCUT2D eigenvalue weighted by Crippen LogP contribution is -2.04. The molecule has 0 N–H and O–H groups in total. The van der Waals surface area contributed by atoms with Crippen LogP contribution in [0.3, 0.4) is 0 Å². The van der Waals surface area contributed by atoms with Gasteiger partial charge >= 0.3 is 5.97 Å². The Balaban J connectivity index is 2.70. The lowest BCUT2D eigenvalue weighted by Gasteiger charge is -2.06. The molecule has 1 rings (SSSR count). The minimum Gasteiger partial charge on any atom is -0.469 e. The van der Waals surface area contributed by atoms with Gasteiger partial charge in [-0.15, -0.1) is 0 Å². The monoisotopic (exact) mass is 348 g/mol. The Morgan fingerprint density at radius 2 is 2.19 bits per heavy atom. The molecule has 0 amide bonds. The lowest BCUT2D eigenvalue weighted by atomic mass is 10.1. The molecule has 0 radical (unpaired) electrons. The summed E-state index contributed by atoms with van der Waals surface area (Å²) < 4.78 is 5.69. The summed E-state index contributed by atoms with van der Waals surface area (Å²) >= 11 is 6.93. The van der Waals surface area contributed by atoms with Crippen LogP contribution in [0.1, 0.15) is 17.5 Å². The Bertz CT molecular complexity index is 364. The van der Waals surface area contributed by atoms with Gasteiger partial charge in [-0.2, -0.15) is 0 Å². The van der Waals surface area contributed by atoms with Crippen LogP contribution in [-0.2, 0) is 22.4 Å². The molecule has 0 spiro atoms. The van der Waals surface area contributed by atoms with Crippen molar-refractivity contribution < 1.29 is 9.53 Å². The first kappa shape index (κ1) is 13.7. The fraction of sp³-hybridized carbons (Fsp3) is 0.417. The first-order valence-corrected chi connectivity index (χ1v) is 6.99. The third-order valence-electron chi connectivity index (χ3n) is 2.27. The van der Waals surface area contributed by atoms with Gasteiger partial charge in [-0.25, -0.2) is 0 Å². The maximum atomic E-state index is 11.1. The third kappa shape index (κ3) is 4.26. The average molecular weight is 350 g/mol. The Morgan fingerprint density at radius 1 is 1.44 bits per heavy atom. The molecule has 0 aliphatic carbocycles. The van der Waals surface area contributed by atoms with Crippen molar-refractivity contribution in [3.05, 3.63) is 33.8 Å². The maximum Gasteiger partial charge on any atom is 0.309 e. The first-order chi connectivity index (χ1) is 7.67. The third-order valence-corrected chi connectivity index (χ3v) is 3.57. The average Bonchev–Trinajstić information content (AvgIpc) is 2.28. The Morgan fingerprint density at radius 3 is 2.75 bits per heavy atom. The molecule has 16 heavy (non-hydrogen) atoms. The number of methoxy groups -OCH3 is 1. The highest BCUT2D eigenvalue weighted by Crippen LogP contribution is 2.20. The molecule has 0 aliphatic heterocycles. The lowest BCUT2D eigenvalue weighted by molar-refractivity contribution is -0.139. The molecule has 88 valence electrons. The molecule has 1 aromatic rings. The van der Waals surface area contributed by atoms with Crippen LogP contribution in [0.25, 0.3) is 0 Å². The summed E-state index contributed by atoms with van der Waals surface area (Å²) in [4.78, 5) is 11.1. The smallest absolute Gasteiger partial charge is 0.309 e. The van der Waals surface area contributed by atoms with Crippen LogP contribution in [0.4, 0.5) is 0 Å². The number of halogens is 2. The van der Waals surface area contributed by atoms with Crippen LogP contribution >= 0.6 is 31.9 Å². The highest BCUT2D eigenvalue weighted by molar-refractivity contribution is 9.10. The van der Waals surface area contributed by atoms with Crippen LogP contribution in [0.15, 0.2) is 22.7 Å². The van der Waals surface area contributed by atoms with E-state index in [1.54, 1.807) is 0 Å². The quantitative estimate of drug-likeness (QED) is 0.600. The van der Waals surface area contributed by atoms with E-state index in [0.717, 1.165) is 28.2 Å². The van der Waals surface area contributed by atoms with E-state index in [2.05, 4.69) is 42.7 Å². The van der Waals surface area contributed by atoms with Crippen molar-refractivity contribution in [1.29, 1.82) is 0 Å². The predicted octanol–water partition coefficient (Wildman–Crippen LogP) is 3.49. The van der Waals surface area contributed by atoms with Gasteiger partial charge in [-0.1, -0.05) is 44.0 Å². The van der Waals surface area contributed by atoms with E-state index >= 15 is 0 Å². The van der Waals surface area contributed by atoms with E-state index in [4.69, 9.17) is 0 Å². The van der Waals surface area contributed by atoms with Crippen LogP contribution in [-0.4, -0.2) is 18.4 Å². The SMILES string of the molecule is COC(=O)Cc1ccc(CCCBr)c(Br)c1. The summed E-state index contributed by atoms with van der Waals surface area (Å²) in [7, 11) is 1.40. The number of rotatable bonds is 5. The number of alkyl halides is 1. The van der Waals surface area contributed by atoms with E-state index in [-0.39, 0.29) is 5.97 Å². The van der Waals surface area contributed by atoms with Crippen molar-refractivity contribution in [2.24, 2.45) is 0 Å². The largest absolute Gasteiger partial charge is 0.469 e. The second kappa shape index (κ2) is 7.07. The minimum atomic E-state index is -0.208. The van der Waals surface area contributed by atoms with Crippen LogP contribution in [0.2, 0.25) is 0 Å². The Labute approximate surface area is 113 Å². The molecule has 0 saturated carbocycles. The molecular formula is C12H14Br2O2. The molecule has 0 saturated heterocycles. The molecule has 0 unspecified atom stereocenters. The van der Waals surface area contributed by atoms with Crippen LogP contribution in [0.5, 0.6) is 0 Å². The molecule has 0 heterocycles. The van der Waals surface area contributed by atoms with E-state index in [9.17, 15) is 4.79 Å². The van der Waals surface area contributed by atoms with Crippen molar-refractivity contribution in [1.82, 2.24) is 0 Å². The van der Waals surface area contributed by atoms with Gasteiger partial charge in [-0.05, 0) is 30.0 Å². The van der Waals surface area contributed by atoms with E-state index in [0.29, 0.717) is 6.42 Å². The van der Waals surface area contributed by atoms with Gasteiger partial charge in [0, 0.05) is 9.80 Å². The fourth-order valence-corrected chi connectivity index (χ4v) is 2.30. The van der Waals surface area contributed by atoms with Gasteiger partial charge in [0.1, 0.15) is 0 Å². The van der Waals surface area contributed by atoms with E-state index in [1.165, 1.54) is 12.7 Å². The minimum absolute atomic E-state index is 0.208. The predicted molar refractivity (Wildman–Crippen MR) is 72.0 cm³/mol. The number of hydrogen-bond acceptors (Lipinski definition) is 2. The first-order valence-electron chi connectivity index (χ1n) is 5.07. The van der Waals surface area contributed by atoms with Crippen LogP contribution < -0.4 is 0 Å². The highest BCUT2D eigenvalue weighted by Gasteiger charge is 2.05. The second-order valence-electron chi connectivity index (χ2n) is 3.47. The number of esters is 1. The number of carbonyl (C=O) groups excluding carboxylic acids is 1. The zero-order valence-corrected chi connectivity index (χ0v) is 12.3. The molecule has 1 aromatic carbocycles. The van der Waals surface area contributed by atoms with Gasteiger partial charge < -0.3 is 4.74 Å². The highest BCUT2D eigenvalue weighted by atomic mass is 79.9.